The highest BCUT2D eigenvalue weighted by Crippen LogP contribution is 2.28. The summed E-state index contributed by atoms with van der Waals surface area (Å²) in [6.45, 7) is 7.86. The van der Waals surface area contributed by atoms with Gasteiger partial charge in [0, 0.05) is 50.0 Å². The Labute approximate surface area is 216 Å². The van der Waals surface area contributed by atoms with Crippen LogP contribution in [0.25, 0.3) is 22.4 Å². The number of benzene rings is 1. The summed E-state index contributed by atoms with van der Waals surface area (Å²) in [5.74, 6) is 1.13. The summed E-state index contributed by atoms with van der Waals surface area (Å²) in [4.78, 5) is 32.4. The minimum absolute atomic E-state index is 0.0892. The zero-order valence-corrected chi connectivity index (χ0v) is 21.6. The normalized spacial score (nSPS) is 19.4. The number of fused-ring (bicyclic) bond motifs is 1. The van der Waals surface area contributed by atoms with Gasteiger partial charge in [-0.05, 0) is 55.9 Å². The zero-order chi connectivity index (χ0) is 25.8. The SMILES string of the molecule is CC[C@H](NCc1ccc2c(c1)nc(-c1c[nH]c(=O)c(C)c1)n2CC1CCOCC1)C(=O)OC1CCOC1. The number of pyridine rings is 1. The fourth-order valence-electron chi connectivity index (χ4n) is 5.09. The second-order valence-electron chi connectivity index (χ2n) is 10.1. The molecule has 1 unspecified atom stereocenters. The average molecular weight is 509 g/mol. The summed E-state index contributed by atoms with van der Waals surface area (Å²) < 4.78 is 18.8. The minimum Gasteiger partial charge on any atom is -0.459 e. The number of aromatic amines is 1. The van der Waals surface area contributed by atoms with E-state index in [1.807, 2.05) is 19.9 Å². The van der Waals surface area contributed by atoms with E-state index in [2.05, 4.69) is 33.1 Å². The summed E-state index contributed by atoms with van der Waals surface area (Å²) in [5, 5.41) is 3.35. The van der Waals surface area contributed by atoms with Gasteiger partial charge in [-0.1, -0.05) is 13.0 Å². The van der Waals surface area contributed by atoms with Crippen molar-refractivity contribution in [1.29, 1.82) is 0 Å². The van der Waals surface area contributed by atoms with Gasteiger partial charge in [0.1, 0.15) is 18.0 Å². The van der Waals surface area contributed by atoms with Crippen LogP contribution in [0.1, 0.15) is 43.7 Å². The molecule has 9 nitrogen and oxygen atoms in total. The third-order valence-electron chi connectivity index (χ3n) is 7.36. The van der Waals surface area contributed by atoms with Gasteiger partial charge in [-0.2, -0.15) is 0 Å². The molecule has 0 aliphatic carbocycles. The molecule has 0 bridgehead atoms. The molecule has 1 aromatic carbocycles. The van der Waals surface area contributed by atoms with Crippen molar-refractivity contribution in [2.75, 3.05) is 26.4 Å². The van der Waals surface area contributed by atoms with Crippen molar-refractivity contribution in [3.05, 3.63) is 51.9 Å². The lowest BCUT2D eigenvalue weighted by molar-refractivity contribution is -0.151. The van der Waals surface area contributed by atoms with Crippen LogP contribution in [0.4, 0.5) is 0 Å². The maximum Gasteiger partial charge on any atom is 0.323 e. The summed E-state index contributed by atoms with van der Waals surface area (Å²) in [6, 6.07) is 7.80. The van der Waals surface area contributed by atoms with Crippen molar-refractivity contribution in [1.82, 2.24) is 19.9 Å². The standard InChI is InChI=1S/C28H36N4O5/c1-3-23(28(34)37-22-8-11-36-17-22)29-14-20-4-5-25-24(13-20)31-26(21-12-18(2)27(33)30-15-21)32(25)16-19-6-9-35-10-7-19/h4-5,12-13,15,19,22-23,29H,3,6-11,14,16-17H2,1-2H3,(H,30,33)/t22?,23-/m0/s1. The number of rotatable bonds is 9. The van der Waals surface area contributed by atoms with Crippen molar-refractivity contribution in [2.45, 2.75) is 64.8 Å². The van der Waals surface area contributed by atoms with E-state index in [4.69, 9.17) is 19.2 Å². The number of hydrogen-bond acceptors (Lipinski definition) is 7. The van der Waals surface area contributed by atoms with Crippen LogP contribution in [-0.2, 0) is 32.1 Å². The smallest absolute Gasteiger partial charge is 0.323 e. The predicted molar refractivity (Wildman–Crippen MR) is 140 cm³/mol. The van der Waals surface area contributed by atoms with Crippen LogP contribution < -0.4 is 10.9 Å². The molecular weight excluding hydrogens is 472 g/mol. The molecule has 5 rings (SSSR count). The number of imidazole rings is 1. The van der Waals surface area contributed by atoms with Crippen molar-refractivity contribution in [3.8, 4) is 11.4 Å². The lowest BCUT2D eigenvalue weighted by atomic mass is 10.00. The quantitative estimate of drug-likeness (QED) is 0.427. The molecule has 2 N–H and O–H groups in total. The Bertz CT molecular complexity index is 1290. The fraction of sp³-hybridized carbons (Fsp3) is 0.536. The van der Waals surface area contributed by atoms with Crippen LogP contribution in [0.3, 0.4) is 0 Å². The molecule has 0 saturated carbocycles. The molecule has 2 atom stereocenters. The predicted octanol–water partition coefficient (Wildman–Crippen LogP) is 3.33. The number of esters is 1. The van der Waals surface area contributed by atoms with E-state index >= 15 is 0 Å². The van der Waals surface area contributed by atoms with Gasteiger partial charge in [-0.15, -0.1) is 0 Å². The summed E-state index contributed by atoms with van der Waals surface area (Å²) in [7, 11) is 0. The second kappa shape index (κ2) is 11.6. The first kappa shape index (κ1) is 25.6. The largest absolute Gasteiger partial charge is 0.459 e. The van der Waals surface area contributed by atoms with Gasteiger partial charge in [0.2, 0.25) is 0 Å². The lowest BCUT2D eigenvalue weighted by Gasteiger charge is -2.23. The van der Waals surface area contributed by atoms with Gasteiger partial charge in [0.15, 0.2) is 0 Å². The Kier molecular flexibility index (Phi) is 8.02. The van der Waals surface area contributed by atoms with Crippen LogP contribution in [0.5, 0.6) is 0 Å². The first-order valence-corrected chi connectivity index (χ1v) is 13.3. The Balaban J connectivity index is 1.38. The first-order valence-electron chi connectivity index (χ1n) is 13.3. The van der Waals surface area contributed by atoms with Crippen molar-refractivity contribution in [2.24, 2.45) is 5.92 Å². The van der Waals surface area contributed by atoms with Crippen LogP contribution in [-0.4, -0.2) is 59.1 Å². The molecule has 2 aromatic heterocycles. The molecular formula is C28H36N4O5. The summed E-state index contributed by atoms with van der Waals surface area (Å²) in [5.41, 5.74) is 4.46. The van der Waals surface area contributed by atoms with E-state index in [0.29, 0.717) is 37.7 Å². The maximum atomic E-state index is 12.6. The van der Waals surface area contributed by atoms with E-state index in [9.17, 15) is 9.59 Å². The number of nitrogens with one attached hydrogen (secondary N) is 2. The Morgan fingerprint density at radius 1 is 1.22 bits per heavy atom. The van der Waals surface area contributed by atoms with Gasteiger partial charge < -0.3 is 29.1 Å². The molecule has 3 aromatic rings. The molecule has 9 heteroatoms. The highest BCUT2D eigenvalue weighted by atomic mass is 16.6. The van der Waals surface area contributed by atoms with Gasteiger partial charge in [-0.25, -0.2) is 4.98 Å². The number of carbonyl (C=O) groups excluding carboxylic acids is 1. The van der Waals surface area contributed by atoms with E-state index in [1.165, 1.54) is 0 Å². The summed E-state index contributed by atoms with van der Waals surface area (Å²) >= 11 is 0. The topological polar surface area (TPSA) is 107 Å². The Morgan fingerprint density at radius 3 is 2.76 bits per heavy atom. The fourth-order valence-corrected chi connectivity index (χ4v) is 5.09. The molecule has 0 amide bonds. The molecule has 2 fully saturated rings. The first-order chi connectivity index (χ1) is 18.0. The number of carbonyl (C=O) groups is 1. The van der Waals surface area contributed by atoms with E-state index in [-0.39, 0.29) is 23.7 Å². The van der Waals surface area contributed by atoms with Gasteiger partial charge in [-0.3, -0.25) is 9.59 Å². The minimum atomic E-state index is -0.373. The second-order valence-corrected chi connectivity index (χ2v) is 10.1. The molecule has 2 aliphatic rings. The van der Waals surface area contributed by atoms with Crippen molar-refractivity contribution < 1.29 is 19.0 Å². The number of ether oxygens (including phenoxy) is 3. The number of aryl methyl sites for hydroxylation is 1. The average Bonchev–Trinajstić information content (AvgIpc) is 3.54. The van der Waals surface area contributed by atoms with Gasteiger partial charge in [0.25, 0.3) is 5.56 Å². The zero-order valence-electron chi connectivity index (χ0n) is 21.6. The number of H-pyrrole nitrogens is 1. The van der Waals surface area contributed by atoms with Gasteiger partial charge in [0.05, 0.1) is 24.2 Å². The van der Waals surface area contributed by atoms with Crippen LogP contribution in [0, 0.1) is 12.8 Å². The van der Waals surface area contributed by atoms with E-state index < -0.39 is 0 Å². The van der Waals surface area contributed by atoms with Crippen molar-refractivity contribution >= 4 is 17.0 Å². The van der Waals surface area contributed by atoms with E-state index in [1.54, 1.807) is 6.20 Å². The van der Waals surface area contributed by atoms with Crippen LogP contribution in [0.2, 0.25) is 0 Å². The van der Waals surface area contributed by atoms with Crippen LogP contribution >= 0.6 is 0 Å². The highest BCUT2D eigenvalue weighted by molar-refractivity contribution is 5.81. The van der Waals surface area contributed by atoms with Crippen LogP contribution in [0.15, 0.2) is 35.3 Å². The highest BCUT2D eigenvalue weighted by Gasteiger charge is 2.25. The Morgan fingerprint density at radius 2 is 2.03 bits per heavy atom. The number of hydrogen-bond donors (Lipinski definition) is 2. The summed E-state index contributed by atoms with van der Waals surface area (Å²) in [6.07, 6.45) is 5.04. The molecule has 2 aliphatic heterocycles. The third-order valence-corrected chi connectivity index (χ3v) is 7.36. The molecule has 0 spiro atoms. The third kappa shape index (κ3) is 5.95. The maximum absolute atomic E-state index is 12.6. The van der Waals surface area contributed by atoms with E-state index in [0.717, 1.165) is 67.0 Å². The molecule has 2 saturated heterocycles. The monoisotopic (exact) mass is 508 g/mol. The Hall–Kier alpha value is -3.01. The molecule has 37 heavy (non-hydrogen) atoms. The van der Waals surface area contributed by atoms with Gasteiger partial charge >= 0.3 is 5.97 Å². The number of nitrogens with zero attached hydrogens (tertiary/aromatic N) is 2. The van der Waals surface area contributed by atoms with Crippen molar-refractivity contribution in [3.63, 3.8) is 0 Å². The number of aromatic nitrogens is 3. The lowest BCUT2D eigenvalue weighted by Crippen LogP contribution is -2.39. The molecule has 4 heterocycles. The molecule has 0 radical (unpaired) electrons. The molecule has 198 valence electrons.